The van der Waals surface area contributed by atoms with E-state index in [1.807, 2.05) is 36.0 Å². The average molecular weight is 308 g/mol. The number of nitrogens with zero attached hydrogens (tertiary/aromatic N) is 2. The van der Waals surface area contributed by atoms with Gasteiger partial charge in [0.15, 0.2) is 0 Å². The monoisotopic (exact) mass is 307 g/mol. The Hall–Kier alpha value is -1.43. The van der Waals surface area contributed by atoms with Gasteiger partial charge in [-0.15, -0.1) is 11.3 Å². The second-order valence-electron chi connectivity index (χ2n) is 4.65. The van der Waals surface area contributed by atoms with Crippen LogP contribution in [0.25, 0.3) is 0 Å². The lowest BCUT2D eigenvalue weighted by Gasteiger charge is -2.35. The summed E-state index contributed by atoms with van der Waals surface area (Å²) < 4.78 is 0. The number of thiazole rings is 1. The van der Waals surface area contributed by atoms with Gasteiger partial charge in [-0.3, -0.25) is 14.7 Å². The van der Waals surface area contributed by atoms with Crippen molar-refractivity contribution in [1.29, 1.82) is 0 Å². The first-order valence-electron chi connectivity index (χ1n) is 6.39. The van der Waals surface area contributed by atoms with E-state index in [9.17, 15) is 4.79 Å². The largest absolute Gasteiger partial charge is 0.353 e. The van der Waals surface area contributed by atoms with Crippen molar-refractivity contribution in [3.8, 4) is 0 Å². The van der Waals surface area contributed by atoms with Gasteiger partial charge in [0.1, 0.15) is 6.04 Å². The molecule has 1 amide bonds. The van der Waals surface area contributed by atoms with Crippen LogP contribution in [0.5, 0.6) is 0 Å². The van der Waals surface area contributed by atoms with Gasteiger partial charge in [-0.1, -0.05) is 29.8 Å². The number of hydrogen-bond acceptors (Lipinski definition) is 4. The van der Waals surface area contributed by atoms with Crippen LogP contribution in [0.2, 0.25) is 5.02 Å². The van der Waals surface area contributed by atoms with Crippen molar-refractivity contribution in [3.05, 3.63) is 51.4 Å². The maximum atomic E-state index is 12.3. The third-order valence-corrected chi connectivity index (χ3v) is 4.46. The van der Waals surface area contributed by atoms with E-state index in [2.05, 4.69) is 15.2 Å². The quantitative estimate of drug-likeness (QED) is 0.947. The van der Waals surface area contributed by atoms with Crippen molar-refractivity contribution in [2.45, 2.75) is 12.6 Å². The molecule has 1 fully saturated rings. The lowest BCUT2D eigenvalue weighted by molar-refractivity contribution is -0.129. The number of rotatable bonds is 3. The van der Waals surface area contributed by atoms with Crippen LogP contribution >= 0.6 is 22.9 Å². The fraction of sp³-hybridized carbons (Fsp3) is 0.286. The zero-order chi connectivity index (χ0) is 13.9. The van der Waals surface area contributed by atoms with Crippen molar-refractivity contribution in [2.24, 2.45) is 0 Å². The maximum Gasteiger partial charge on any atom is 0.242 e. The molecule has 1 N–H and O–H groups in total. The summed E-state index contributed by atoms with van der Waals surface area (Å²) in [6.07, 6.45) is 1.85. The van der Waals surface area contributed by atoms with Gasteiger partial charge in [0.2, 0.25) is 5.91 Å². The summed E-state index contributed by atoms with van der Waals surface area (Å²) in [6.45, 7) is 2.19. The molecule has 20 heavy (non-hydrogen) atoms. The van der Waals surface area contributed by atoms with Crippen LogP contribution in [0.1, 0.15) is 16.5 Å². The van der Waals surface area contributed by atoms with E-state index in [-0.39, 0.29) is 11.9 Å². The molecule has 0 aliphatic carbocycles. The van der Waals surface area contributed by atoms with E-state index in [0.717, 1.165) is 17.0 Å². The second-order valence-corrected chi connectivity index (χ2v) is 6.03. The highest BCUT2D eigenvalue weighted by Crippen LogP contribution is 2.30. The number of piperazine rings is 1. The molecular formula is C14H14ClN3OS. The molecule has 0 unspecified atom stereocenters. The first kappa shape index (κ1) is 13.5. The van der Waals surface area contributed by atoms with Crippen LogP contribution in [0.15, 0.2) is 36.0 Å². The normalized spacial score (nSPS) is 19.9. The fourth-order valence-electron chi connectivity index (χ4n) is 2.44. The van der Waals surface area contributed by atoms with Crippen LogP contribution in [0.4, 0.5) is 0 Å². The standard InChI is InChI=1S/C14H14ClN3OS/c15-12-4-2-1-3-11(12)13-14(19)17-5-6-18(13)8-10-7-16-9-20-10/h1-4,7,9,13H,5-6,8H2,(H,17,19)/t13-/m0/s1. The number of benzene rings is 1. The molecule has 6 heteroatoms. The number of carbonyl (C=O) groups excluding carboxylic acids is 1. The van der Waals surface area contributed by atoms with E-state index in [1.165, 1.54) is 0 Å². The molecule has 1 atom stereocenters. The Kier molecular flexibility index (Phi) is 4.00. The molecule has 3 rings (SSSR count). The summed E-state index contributed by atoms with van der Waals surface area (Å²) in [6, 6.07) is 7.19. The van der Waals surface area contributed by atoms with Crippen molar-refractivity contribution in [3.63, 3.8) is 0 Å². The molecule has 1 aliphatic rings. The third kappa shape index (κ3) is 2.70. The first-order valence-corrected chi connectivity index (χ1v) is 7.65. The van der Waals surface area contributed by atoms with Crippen molar-refractivity contribution in [2.75, 3.05) is 13.1 Å². The average Bonchev–Trinajstić information content (AvgIpc) is 2.93. The Morgan fingerprint density at radius 2 is 2.30 bits per heavy atom. The minimum Gasteiger partial charge on any atom is -0.353 e. The Morgan fingerprint density at radius 1 is 1.45 bits per heavy atom. The van der Waals surface area contributed by atoms with Crippen LogP contribution in [-0.4, -0.2) is 28.9 Å². The predicted octanol–water partition coefficient (Wildman–Crippen LogP) is 2.47. The Bertz CT molecular complexity index is 602. The number of amides is 1. The SMILES string of the molecule is O=C1NCCN(Cc2cncs2)[C@H]1c1ccccc1Cl. The molecule has 1 saturated heterocycles. The van der Waals surface area contributed by atoms with Gasteiger partial charge in [-0.2, -0.15) is 0 Å². The molecule has 104 valence electrons. The summed E-state index contributed by atoms with van der Waals surface area (Å²) in [5, 5.41) is 3.54. The zero-order valence-electron chi connectivity index (χ0n) is 10.8. The molecule has 0 spiro atoms. The molecule has 2 heterocycles. The number of nitrogens with one attached hydrogen (secondary N) is 1. The highest BCUT2D eigenvalue weighted by molar-refractivity contribution is 7.09. The van der Waals surface area contributed by atoms with Crippen LogP contribution in [0.3, 0.4) is 0 Å². The van der Waals surface area contributed by atoms with Gasteiger partial charge in [-0.25, -0.2) is 0 Å². The Labute approximate surface area is 126 Å². The van der Waals surface area contributed by atoms with E-state index >= 15 is 0 Å². The lowest BCUT2D eigenvalue weighted by Crippen LogP contribution is -2.49. The summed E-state index contributed by atoms with van der Waals surface area (Å²) >= 11 is 7.86. The highest BCUT2D eigenvalue weighted by Gasteiger charge is 2.32. The van der Waals surface area contributed by atoms with Crippen LogP contribution in [0, 0.1) is 0 Å². The Balaban J connectivity index is 1.91. The summed E-state index contributed by atoms with van der Waals surface area (Å²) in [7, 11) is 0. The molecule has 1 aromatic carbocycles. The Morgan fingerprint density at radius 3 is 3.05 bits per heavy atom. The molecular weight excluding hydrogens is 294 g/mol. The number of carbonyl (C=O) groups is 1. The van der Waals surface area contributed by atoms with Gasteiger partial charge < -0.3 is 5.32 Å². The van der Waals surface area contributed by atoms with Crippen molar-refractivity contribution in [1.82, 2.24) is 15.2 Å². The number of hydrogen-bond donors (Lipinski definition) is 1. The minimum atomic E-state index is -0.334. The van der Waals surface area contributed by atoms with Crippen molar-refractivity contribution < 1.29 is 4.79 Å². The number of halogens is 1. The van der Waals surface area contributed by atoms with E-state index in [4.69, 9.17) is 11.6 Å². The molecule has 1 aliphatic heterocycles. The molecule has 2 aromatic rings. The molecule has 0 radical (unpaired) electrons. The first-order chi connectivity index (χ1) is 9.75. The number of aromatic nitrogens is 1. The molecule has 0 bridgehead atoms. The summed E-state index contributed by atoms with van der Waals surface area (Å²) in [5.74, 6) is 0.00821. The van der Waals surface area contributed by atoms with E-state index < -0.39 is 0 Å². The fourth-order valence-corrected chi connectivity index (χ4v) is 3.30. The van der Waals surface area contributed by atoms with Crippen molar-refractivity contribution >= 4 is 28.8 Å². The topological polar surface area (TPSA) is 45.2 Å². The summed E-state index contributed by atoms with van der Waals surface area (Å²) in [4.78, 5) is 19.6. The van der Waals surface area contributed by atoms with Crippen LogP contribution in [-0.2, 0) is 11.3 Å². The highest BCUT2D eigenvalue weighted by atomic mass is 35.5. The van der Waals surface area contributed by atoms with Crippen LogP contribution < -0.4 is 5.32 Å². The van der Waals surface area contributed by atoms with Gasteiger partial charge in [0.05, 0.1) is 5.51 Å². The third-order valence-electron chi connectivity index (χ3n) is 3.35. The second kappa shape index (κ2) is 5.91. The lowest BCUT2D eigenvalue weighted by atomic mass is 10.0. The van der Waals surface area contributed by atoms with E-state index in [1.54, 1.807) is 11.3 Å². The molecule has 4 nitrogen and oxygen atoms in total. The maximum absolute atomic E-state index is 12.3. The van der Waals surface area contributed by atoms with Gasteiger partial charge in [0.25, 0.3) is 0 Å². The van der Waals surface area contributed by atoms with E-state index in [0.29, 0.717) is 18.1 Å². The minimum absolute atomic E-state index is 0.00821. The zero-order valence-corrected chi connectivity index (χ0v) is 12.3. The van der Waals surface area contributed by atoms with Gasteiger partial charge in [-0.05, 0) is 11.6 Å². The summed E-state index contributed by atoms with van der Waals surface area (Å²) in [5.41, 5.74) is 2.67. The van der Waals surface area contributed by atoms with Gasteiger partial charge in [0, 0.05) is 35.7 Å². The molecule has 0 saturated carbocycles. The van der Waals surface area contributed by atoms with Gasteiger partial charge >= 0.3 is 0 Å². The predicted molar refractivity (Wildman–Crippen MR) is 79.7 cm³/mol. The smallest absolute Gasteiger partial charge is 0.242 e. The molecule has 1 aromatic heterocycles.